The summed E-state index contributed by atoms with van der Waals surface area (Å²) in [6, 6.07) is 5.09. The summed E-state index contributed by atoms with van der Waals surface area (Å²) in [5, 5.41) is 27.2. The van der Waals surface area contributed by atoms with E-state index in [0.717, 1.165) is 38.5 Å². The summed E-state index contributed by atoms with van der Waals surface area (Å²) < 4.78 is 17.2. The number of benzene rings is 1. The first-order valence-electron chi connectivity index (χ1n) is 12.0. The monoisotopic (exact) mass is 464 g/mol. The smallest absolute Gasteiger partial charge is 0.245 e. The topological polar surface area (TPSA) is 105 Å². The molecule has 0 unspecified atom stereocenters. The average molecular weight is 465 g/mol. The predicted molar refractivity (Wildman–Crippen MR) is 125 cm³/mol. The fourth-order valence-electron chi connectivity index (χ4n) is 5.60. The van der Waals surface area contributed by atoms with Gasteiger partial charge < -0.3 is 15.3 Å². The molecule has 34 heavy (non-hydrogen) atoms. The number of phenolic OH excluding ortho intramolecular Hbond substituents is 1. The van der Waals surface area contributed by atoms with Gasteiger partial charge in [-0.25, -0.2) is 14.4 Å². The molecule has 3 fully saturated rings. The standard InChI is InChI=1S/C24H29FN8O/c1-24-9-3-4-17(28-24)21(25)19(11-24)33(15-6-7-15)23-26-12-18(29-30-23)16-8-5-14(10-20(16)34)22-27-13-32(2)31-22/h5,8,10,12-13,15,17,19,21,28,34H,3-4,6-7,9,11H2,1-2H3/t17-,19-,21+,24-/m0/s1. The van der Waals surface area contributed by atoms with E-state index in [1.807, 2.05) is 6.07 Å². The van der Waals surface area contributed by atoms with Crippen molar-refractivity contribution in [1.82, 2.24) is 35.3 Å². The zero-order chi connectivity index (χ0) is 23.4. The molecule has 3 aliphatic rings. The number of hydrogen-bond acceptors (Lipinski definition) is 8. The first-order chi connectivity index (χ1) is 16.4. The highest BCUT2D eigenvalue weighted by atomic mass is 19.1. The molecule has 4 atom stereocenters. The van der Waals surface area contributed by atoms with Gasteiger partial charge in [-0.3, -0.25) is 4.68 Å². The lowest BCUT2D eigenvalue weighted by Gasteiger charge is -2.52. The number of hydrogen-bond donors (Lipinski definition) is 2. The van der Waals surface area contributed by atoms with E-state index >= 15 is 4.39 Å². The third-order valence-electron chi connectivity index (χ3n) is 7.40. The van der Waals surface area contributed by atoms with Crippen LogP contribution < -0.4 is 10.2 Å². The number of nitrogens with one attached hydrogen (secondary N) is 1. The molecule has 178 valence electrons. The molecule has 2 aromatic heterocycles. The molecule has 2 aliphatic heterocycles. The van der Waals surface area contributed by atoms with Crippen LogP contribution in [0.1, 0.15) is 45.4 Å². The van der Waals surface area contributed by atoms with E-state index in [4.69, 9.17) is 0 Å². The number of rotatable bonds is 5. The summed E-state index contributed by atoms with van der Waals surface area (Å²) in [4.78, 5) is 10.9. The number of aromatic hydroxyl groups is 1. The Bertz CT molecular complexity index is 1200. The molecule has 0 spiro atoms. The minimum Gasteiger partial charge on any atom is -0.507 e. The number of nitrogens with zero attached hydrogens (tertiary/aromatic N) is 7. The highest BCUT2D eigenvalue weighted by Gasteiger charge is 2.50. The lowest BCUT2D eigenvalue weighted by Crippen LogP contribution is -2.67. The van der Waals surface area contributed by atoms with Crippen LogP contribution in [0.4, 0.5) is 10.3 Å². The molecule has 0 radical (unpaired) electrons. The maximum atomic E-state index is 15.6. The number of anilines is 1. The third-order valence-corrected chi connectivity index (χ3v) is 7.40. The quantitative estimate of drug-likeness (QED) is 0.594. The summed E-state index contributed by atoms with van der Waals surface area (Å²) in [7, 11) is 1.79. The first kappa shape index (κ1) is 21.4. The second-order valence-corrected chi connectivity index (χ2v) is 10.2. The number of aryl methyl sites for hydroxylation is 1. The van der Waals surface area contributed by atoms with Gasteiger partial charge in [-0.1, -0.05) is 6.07 Å². The Morgan fingerprint density at radius 2 is 2.06 bits per heavy atom. The number of piperidine rings is 2. The van der Waals surface area contributed by atoms with Gasteiger partial charge in [-0.05, 0) is 57.6 Å². The van der Waals surface area contributed by atoms with Gasteiger partial charge in [0.2, 0.25) is 5.95 Å². The molecule has 1 aliphatic carbocycles. The first-order valence-corrected chi connectivity index (χ1v) is 12.0. The molecule has 6 rings (SSSR count). The van der Waals surface area contributed by atoms with Crippen molar-refractivity contribution >= 4 is 5.95 Å². The minimum atomic E-state index is -0.964. The summed E-state index contributed by atoms with van der Waals surface area (Å²) in [6.07, 6.45) is 8.03. The van der Waals surface area contributed by atoms with E-state index in [1.165, 1.54) is 0 Å². The van der Waals surface area contributed by atoms with Crippen molar-refractivity contribution < 1.29 is 9.50 Å². The van der Waals surface area contributed by atoms with Gasteiger partial charge in [-0.15, -0.1) is 10.2 Å². The molecule has 9 nitrogen and oxygen atoms in total. The van der Waals surface area contributed by atoms with Crippen LogP contribution in [0.25, 0.3) is 22.6 Å². The zero-order valence-corrected chi connectivity index (χ0v) is 19.4. The van der Waals surface area contributed by atoms with E-state index < -0.39 is 6.17 Å². The Kier molecular flexibility index (Phi) is 5.02. The Morgan fingerprint density at radius 1 is 1.21 bits per heavy atom. The number of halogens is 1. The van der Waals surface area contributed by atoms with Gasteiger partial charge in [0.15, 0.2) is 5.82 Å². The molecule has 2 saturated heterocycles. The van der Waals surface area contributed by atoms with Crippen molar-refractivity contribution in [3.05, 3.63) is 30.7 Å². The van der Waals surface area contributed by atoms with Gasteiger partial charge in [0, 0.05) is 35.8 Å². The Morgan fingerprint density at radius 3 is 2.74 bits per heavy atom. The lowest BCUT2D eigenvalue weighted by atomic mass is 9.74. The molecule has 1 saturated carbocycles. The lowest BCUT2D eigenvalue weighted by molar-refractivity contribution is 0.0582. The van der Waals surface area contributed by atoms with Gasteiger partial charge in [0.25, 0.3) is 0 Å². The van der Waals surface area contributed by atoms with Crippen molar-refractivity contribution in [2.24, 2.45) is 7.05 Å². The fraction of sp³-hybridized carbons (Fsp3) is 0.542. The van der Waals surface area contributed by atoms with Gasteiger partial charge in [-0.2, -0.15) is 5.10 Å². The molecule has 3 aromatic rings. The molecule has 1 aromatic carbocycles. The fourth-order valence-corrected chi connectivity index (χ4v) is 5.60. The average Bonchev–Trinajstić information content (AvgIpc) is 3.56. The number of aromatic nitrogens is 6. The van der Waals surface area contributed by atoms with E-state index in [2.05, 4.69) is 42.4 Å². The molecule has 10 heteroatoms. The van der Waals surface area contributed by atoms with Crippen LogP contribution in [-0.4, -0.2) is 64.9 Å². The Hall–Kier alpha value is -3.14. The van der Waals surface area contributed by atoms with Crippen molar-refractivity contribution in [1.29, 1.82) is 0 Å². The SMILES string of the molecule is Cn1cnc(-c2ccc(-c3cnc(N(C4CC4)[C@H]4C[C@]5(C)CCC[C@H](N5)[C@H]4F)nn3)c(O)c2)n1. The summed E-state index contributed by atoms with van der Waals surface area (Å²) in [5.74, 6) is 1.05. The summed E-state index contributed by atoms with van der Waals surface area (Å²) in [6.45, 7) is 2.21. The highest BCUT2D eigenvalue weighted by Crippen LogP contribution is 2.42. The Balaban J connectivity index is 1.27. The van der Waals surface area contributed by atoms with E-state index in [1.54, 1.807) is 36.4 Å². The van der Waals surface area contributed by atoms with Crippen LogP contribution in [0.2, 0.25) is 0 Å². The van der Waals surface area contributed by atoms with Crippen molar-refractivity contribution in [2.45, 2.75) is 75.3 Å². The normalized spacial score (nSPS) is 28.6. The molecular weight excluding hydrogens is 435 g/mol. The molecular formula is C24H29FN8O. The molecule has 2 bridgehead atoms. The maximum Gasteiger partial charge on any atom is 0.245 e. The van der Waals surface area contributed by atoms with Crippen LogP contribution in [0.5, 0.6) is 5.75 Å². The molecule has 4 heterocycles. The van der Waals surface area contributed by atoms with Crippen LogP contribution in [-0.2, 0) is 7.05 Å². The predicted octanol–water partition coefficient (Wildman–Crippen LogP) is 3.02. The van der Waals surface area contributed by atoms with E-state index in [9.17, 15) is 5.11 Å². The Labute approximate surface area is 197 Å². The zero-order valence-electron chi connectivity index (χ0n) is 19.4. The van der Waals surface area contributed by atoms with Crippen LogP contribution in [0.3, 0.4) is 0 Å². The number of alkyl halides is 1. The van der Waals surface area contributed by atoms with Crippen molar-refractivity contribution in [3.8, 4) is 28.4 Å². The number of phenols is 1. The maximum absolute atomic E-state index is 15.6. The molecule has 0 amide bonds. The molecule has 2 N–H and O–H groups in total. The van der Waals surface area contributed by atoms with Gasteiger partial charge in [0.1, 0.15) is 23.9 Å². The largest absolute Gasteiger partial charge is 0.507 e. The minimum absolute atomic E-state index is 0.0489. The second-order valence-electron chi connectivity index (χ2n) is 10.2. The van der Waals surface area contributed by atoms with Crippen LogP contribution >= 0.6 is 0 Å². The van der Waals surface area contributed by atoms with Crippen molar-refractivity contribution in [2.75, 3.05) is 4.90 Å². The summed E-state index contributed by atoms with van der Waals surface area (Å²) >= 11 is 0. The van der Waals surface area contributed by atoms with Gasteiger partial charge >= 0.3 is 0 Å². The number of fused-ring (bicyclic) bond motifs is 2. The summed E-state index contributed by atoms with van der Waals surface area (Å²) in [5.41, 5.74) is 1.64. The second kappa shape index (κ2) is 7.97. The van der Waals surface area contributed by atoms with Crippen LogP contribution in [0, 0.1) is 0 Å². The van der Waals surface area contributed by atoms with E-state index in [-0.39, 0.29) is 29.4 Å². The third kappa shape index (κ3) is 3.79. The highest BCUT2D eigenvalue weighted by molar-refractivity contribution is 5.71. The van der Waals surface area contributed by atoms with Gasteiger partial charge in [0.05, 0.1) is 12.2 Å². The van der Waals surface area contributed by atoms with E-state index in [0.29, 0.717) is 28.6 Å². The van der Waals surface area contributed by atoms with Crippen molar-refractivity contribution in [3.63, 3.8) is 0 Å². The van der Waals surface area contributed by atoms with Crippen LogP contribution in [0.15, 0.2) is 30.7 Å².